The fourth-order valence-electron chi connectivity index (χ4n) is 4.49. The van der Waals surface area contributed by atoms with Crippen molar-refractivity contribution in [2.75, 3.05) is 11.9 Å². The molecule has 5 aromatic carbocycles. The van der Waals surface area contributed by atoms with E-state index in [-0.39, 0.29) is 33.3 Å². The lowest BCUT2D eigenvalue weighted by Crippen LogP contribution is -2.12. The molecule has 0 aliphatic heterocycles. The number of azo groups is 2. The number of hydrogen-bond acceptors (Lipinski definition) is 11. The number of aromatic hydroxyl groups is 1. The Morgan fingerprint density at radius 2 is 1.28 bits per heavy atom. The van der Waals surface area contributed by atoms with Crippen molar-refractivity contribution >= 4 is 78.0 Å². The third-order valence-electron chi connectivity index (χ3n) is 6.60. The summed E-state index contributed by atoms with van der Waals surface area (Å²) in [6, 6.07) is 18.4. The minimum absolute atomic E-state index is 0.0176. The van der Waals surface area contributed by atoms with E-state index in [1.165, 1.54) is 30.3 Å². The van der Waals surface area contributed by atoms with Crippen LogP contribution in [0.5, 0.6) is 5.75 Å². The molecule has 0 aromatic heterocycles. The molecule has 46 heavy (non-hydrogen) atoms. The molecule has 6 N–H and O–H groups in total. The second kappa shape index (κ2) is 12.4. The van der Waals surface area contributed by atoms with Gasteiger partial charge in [0, 0.05) is 21.8 Å². The van der Waals surface area contributed by atoms with Crippen LogP contribution in [0.3, 0.4) is 0 Å². The zero-order valence-electron chi connectivity index (χ0n) is 23.2. The number of rotatable bonds is 10. The van der Waals surface area contributed by atoms with Crippen LogP contribution in [0.1, 0.15) is 20.7 Å². The van der Waals surface area contributed by atoms with Gasteiger partial charge in [0.15, 0.2) is 5.75 Å². The Balaban J connectivity index is 1.57. The number of phenols is 1. The molecule has 0 unspecified atom stereocenters. The first-order valence-corrected chi connectivity index (χ1v) is 14.5. The zero-order chi connectivity index (χ0) is 33.2. The number of carboxylic acids is 3. The number of carbonyl (C=O) groups is 3. The molecule has 0 bridgehead atoms. The van der Waals surface area contributed by atoms with E-state index in [4.69, 9.17) is 5.11 Å². The van der Waals surface area contributed by atoms with Crippen molar-refractivity contribution in [3.8, 4) is 5.75 Å². The first-order valence-electron chi connectivity index (χ1n) is 13.0. The van der Waals surface area contributed by atoms with Crippen LogP contribution < -0.4 is 5.32 Å². The fraction of sp³-hybridized carbons (Fsp3) is 0.0333. The van der Waals surface area contributed by atoms with Crippen molar-refractivity contribution in [2.45, 2.75) is 4.90 Å². The molecule has 0 atom stereocenters. The van der Waals surface area contributed by atoms with E-state index < -0.39 is 50.9 Å². The average Bonchev–Trinajstić information content (AvgIpc) is 3.01. The largest absolute Gasteiger partial charge is 0.505 e. The van der Waals surface area contributed by atoms with Crippen molar-refractivity contribution in [1.29, 1.82) is 0 Å². The molecule has 0 aliphatic rings. The van der Waals surface area contributed by atoms with Crippen LogP contribution in [-0.4, -0.2) is 57.8 Å². The van der Waals surface area contributed by atoms with Crippen LogP contribution in [0, 0.1) is 0 Å². The molecular formula is C30H21N5O10S. The summed E-state index contributed by atoms with van der Waals surface area (Å²) >= 11 is 0. The second-order valence-electron chi connectivity index (χ2n) is 9.66. The number of anilines is 1. The Morgan fingerprint density at radius 1 is 0.696 bits per heavy atom. The van der Waals surface area contributed by atoms with Crippen molar-refractivity contribution in [2.24, 2.45) is 20.5 Å². The summed E-state index contributed by atoms with van der Waals surface area (Å²) in [5.74, 6) is -4.44. The molecule has 5 rings (SSSR count). The van der Waals surface area contributed by atoms with Gasteiger partial charge in [-0.15, -0.1) is 15.3 Å². The number of aromatic carboxylic acids is 2. The SMILES string of the molecule is O=C(O)CNc1ccc2cc(S(=O)(=O)O)c(N=Nc3ccc(N=Nc4cc(C(=O)O)cc(C(=O)O)c4)c4ccccc34)c(O)c2c1. The van der Waals surface area contributed by atoms with E-state index in [1.807, 2.05) is 0 Å². The van der Waals surface area contributed by atoms with E-state index in [9.17, 15) is 42.7 Å². The molecule has 0 radical (unpaired) electrons. The van der Waals surface area contributed by atoms with Gasteiger partial charge < -0.3 is 25.7 Å². The molecule has 232 valence electrons. The lowest BCUT2D eigenvalue weighted by Gasteiger charge is -2.11. The van der Waals surface area contributed by atoms with Crippen LogP contribution in [-0.2, 0) is 14.9 Å². The van der Waals surface area contributed by atoms with Gasteiger partial charge in [-0.3, -0.25) is 9.35 Å². The summed E-state index contributed by atoms with van der Waals surface area (Å²) in [5.41, 5.74) is -0.347. The maximum atomic E-state index is 12.2. The fourth-order valence-corrected chi connectivity index (χ4v) is 5.15. The van der Waals surface area contributed by atoms with Gasteiger partial charge in [-0.1, -0.05) is 30.3 Å². The molecule has 0 fully saturated rings. The van der Waals surface area contributed by atoms with E-state index >= 15 is 0 Å². The number of nitrogens with one attached hydrogen (secondary N) is 1. The predicted molar refractivity (Wildman–Crippen MR) is 164 cm³/mol. The lowest BCUT2D eigenvalue weighted by atomic mass is 10.1. The molecule has 5 aromatic rings. The number of fused-ring (bicyclic) bond motifs is 2. The second-order valence-corrected chi connectivity index (χ2v) is 11.0. The Labute approximate surface area is 258 Å². The predicted octanol–water partition coefficient (Wildman–Crippen LogP) is 6.67. The smallest absolute Gasteiger partial charge is 0.335 e. The summed E-state index contributed by atoms with van der Waals surface area (Å²) in [5, 5.41) is 58.8. The van der Waals surface area contributed by atoms with Crippen LogP contribution in [0.4, 0.5) is 28.4 Å². The van der Waals surface area contributed by atoms with Gasteiger partial charge in [-0.05, 0) is 53.9 Å². The lowest BCUT2D eigenvalue weighted by molar-refractivity contribution is -0.134. The Morgan fingerprint density at radius 3 is 1.83 bits per heavy atom. The van der Waals surface area contributed by atoms with Gasteiger partial charge in [0.2, 0.25) is 0 Å². The molecule has 0 aliphatic carbocycles. The molecule has 0 heterocycles. The summed E-state index contributed by atoms with van der Waals surface area (Å²) in [6.07, 6.45) is 0. The van der Waals surface area contributed by atoms with Crippen molar-refractivity contribution < 1.29 is 47.8 Å². The maximum absolute atomic E-state index is 12.2. The highest BCUT2D eigenvalue weighted by atomic mass is 32.2. The Kier molecular flexibility index (Phi) is 8.40. The highest BCUT2D eigenvalue weighted by Gasteiger charge is 2.22. The summed E-state index contributed by atoms with van der Waals surface area (Å²) < 4.78 is 34.4. The maximum Gasteiger partial charge on any atom is 0.335 e. The summed E-state index contributed by atoms with van der Waals surface area (Å²) in [7, 11) is -4.89. The minimum Gasteiger partial charge on any atom is -0.505 e. The van der Waals surface area contributed by atoms with Crippen molar-refractivity contribution in [3.05, 3.63) is 90.0 Å². The number of nitrogens with zero attached hydrogens (tertiary/aromatic N) is 4. The number of phenolic OH excluding ortho intramolecular Hbond substituents is 1. The highest BCUT2D eigenvalue weighted by molar-refractivity contribution is 7.86. The van der Waals surface area contributed by atoms with E-state index in [1.54, 1.807) is 24.3 Å². The topological polar surface area (TPSA) is 248 Å². The minimum atomic E-state index is -4.89. The Hall–Kier alpha value is -6.26. The van der Waals surface area contributed by atoms with Gasteiger partial charge >= 0.3 is 17.9 Å². The van der Waals surface area contributed by atoms with Gasteiger partial charge in [-0.25, -0.2) is 9.59 Å². The molecular weight excluding hydrogens is 622 g/mol. The number of hydrogen-bond donors (Lipinski definition) is 6. The van der Waals surface area contributed by atoms with Crippen LogP contribution in [0.15, 0.2) is 104 Å². The van der Waals surface area contributed by atoms with E-state index in [0.29, 0.717) is 22.1 Å². The van der Waals surface area contributed by atoms with Gasteiger partial charge in [0.05, 0.1) is 28.2 Å². The monoisotopic (exact) mass is 643 g/mol. The van der Waals surface area contributed by atoms with Gasteiger partial charge in [0.25, 0.3) is 10.1 Å². The molecule has 16 heteroatoms. The number of carboxylic acid groups (broad SMARTS) is 3. The first-order chi connectivity index (χ1) is 21.8. The third-order valence-corrected chi connectivity index (χ3v) is 7.46. The number of aliphatic carboxylic acids is 1. The standard InChI is InChI=1S/C30H21N5O10S/c36-26(37)14-31-18-6-5-15-12-25(46(43,44)45)27(28(38)22(15)13-18)35-34-24-8-7-23(20-3-1-2-4-21(20)24)33-32-19-10-16(29(39)40)9-17(11-19)30(41)42/h1-13,31,38H,14H2,(H,36,37)(H,39,40)(H,41,42)(H,43,44,45). The molecule has 0 amide bonds. The third kappa shape index (κ3) is 6.62. The van der Waals surface area contributed by atoms with Crippen molar-refractivity contribution in [3.63, 3.8) is 0 Å². The summed E-state index contributed by atoms with van der Waals surface area (Å²) in [4.78, 5) is 33.1. The van der Waals surface area contributed by atoms with Crippen molar-refractivity contribution in [1.82, 2.24) is 0 Å². The molecule has 0 spiro atoms. The first kappa shape index (κ1) is 31.2. The van der Waals surface area contributed by atoms with E-state index in [2.05, 4.69) is 25.8 Å². The summed E-state index contributed by atoms with van der Waals surface area (Å²) in [6.45, 7) is -0.414. The zero-order valence-corrected chi connectivity index (χ0v) is 24.0. The number of benzene rings is 5. The molecule has 0 saturated heterocycles. The molecule has 0 saturated carbocycles. The average molecular weight is 644 g/mol. The van der Waals surface area contributed by atoms with E-state index in [0.717, 1.165) is 24.3 Å². The van der Waals surface area contributed by atoms with Crippen LogP contribution in [0.25, 0.3) is 21.5 Å². The van der Waals surface area contributed by atoms with Crippen LogP contribution >= 0.6 is 0 Å². The quantitative estimate of drug-likeness (QED) is 0.0692. The van der Waals surface area contributed by atoms with Crippen LogP contribution in [0.2, 0.25) is 0 Å². The van der Waals surface area contributed by atoms with Gasteiger partial charge in [0.1, 0.15) is 17.1 Å². The highest BCUT2D eigenvalue weighted by Crippen LogP contribution is 2.43. The molecule has 15 nitrogen and oxygen atoms in total. The Bertz CT molecular complexity index is 2220. The normalized spacial score (nSPS) is 11.8. The van der Waals surface area contributed by atoms with Gasteiger partial charge in [-0.2, -0.15) is 13.5 Å².